The normalized spacial score (nSPS) is 18.1. The van der Waals surface area contributed by atoms with Crippen LogP contribution < -0.4 is 10.2 Å². The van der Waals surface area contributed by atoms with Crippen LogP contribution in [0, 0.1) is 33.6 Å². The Labute approximate surface area is 162 Å². The minimum absolute atomic E-state index is 0.404. The van der Waals surface area contributed by atoms with E-state index in [1.54, 1.807) is 26.0 Å². The number of benzene rings is 2. The van der Waals surface area contributed by atoms with Gasteiger partial charge in [0.25, 0.3) is 11.8 Å². The highest BCUT2D eigenvalue weighted by molar-refractivity contribution is 6.61. The van der Waals surface area contributed by atoms with Crippen molar-refractivity contribution in [3.05, 3.63) is 58.7 Å². The van der Waals surface area contributed by atoms with Gasteiger partial charge in [0.05, 0.1) is 5.69 Å². The Bertz CT molecular complexity index is 986. The van der Waals surface area contributed by atoms with Crippen LogP contribution in [-0.2, 0) is 14.4 Å². The molecule has 1 aliphatic heterocycles. The zero-order valence-corrected chi connectivity index (χ0v) is 16.1. The lowest BCUT2D eigenvalue weighted by atomic mass is 10.0. The van der Waals surface area contributed by atoms with E-state index in [4.69, 9.17) is 0 Å². The number of para-hydroxylation sites is 2. The van der Waals surface area contributed by atoms with Gasteiger partial charge in [-0.2, -0.15) is 0 Å². The van der Waals surface area contributed by atoms with E-state index in [9.17, 15) is 19.6 Å². The summed E-state index contributed by atoms with van der Waals surface area (Å²) < 4.78 is 0. The van der Waals surface area contributed by atoms with Gasteiger partial charge < -0.3 is 10.5 Å². The molecule has 28 heavy (non-hydrogen) atoms. The first kappa shape index (κ1) is 19.3. The molecule has 0 saturated carbocycles. The number of amides is 3. The summed E-state index contributed by atoms with van der Waals surface area (Å²) in [5.41, 5.74) is 3.52. The molecule has 7 nitrogen and oxygen atoms in total. The molecule has 1 fully saturated rings. The molecule has 1 atom stereocenters. The van der Waals surface area contributed by atoms with Crippen molar-refractivity contribution in [3.63, 3.8) is 0 Å². The van der Waals surface area contributed by atoms with Crippen molar-refractivity contribution >= 4 is 34.8 Å². The number of hydrogen-bond donors (Lipinski definition) is 2. The first-order chi connectivity index (χ1) is 13.3. The molecule has 3 rings (SSSR count). The van der Waals surface area contributed by atoms with Gasteiger partial charge in [0.2, 0.25) is 5.91 Å². The highest BCUT2D eigenvalue weighted by Gasteiger charge is 2.51. The quantitative estimate of drug-likeness (QED) is 0.371. The van der Waals surface area contributed by atoms with Crippen LogP contribution in [0.3, 0.4) is 0 Å². The van der Waals surface area contributed by atoms with Gasteiger partial charge in [-0.1, -0.05) is 41.6 Å². The van der Waals surface area contributed by atoms with Gasteiger partial charge in [0.15, 0.2) is 11.6 Å². The maximum absolute atomic E-state index is 13.0. The van der Waals surface area contributed by atoms with Crippen LogP contribution in [0.25, 0.3) is 0 Å². The average Bonchev–Trinajstić information content (AvgIpc) is 2.89. The van der Waals surface area contributed by atoms with Gasteiger partial charge in [-0.3, -0.25) is 14.4 Å². The Hall–Kier alpha value is -3.48. The van der Waals surface area contributed by atoms with Crippen LogP contribution in [0.4, 0.5) is 11.4 Å². The summed E-state index contributed by atoms with van der Waals surface area (Å²) in [5.74, 6) is -3.77. The summed E-state index contributed by atoms with van der Waals surface area (Å²) in [6.07, 6.45) is 0. The zero-order valence-electron chi connectivity index (χ0n) is 16.1. The largest absolute Gasteiger partial charge is 0.410 e. The van der Waals surface area contributed by atoms with Crippen molar-refractivity contribution < 1.29 is 19.6 Å². The second-order valence-electron chi connectivity index (χ2n) is 6.89. The number of carbonyl (C=O) groups is 3. The Morgan fingerprint density at radius 2 is 1.46 bits per heavy atom. The molecular formula is C21H21N3O4. The third-order valence-corrected chi connectivity index (χ3v) is 4.93. The maximum Gasteiger partial charge on any atom is 0.284 e. The maximum atomic E-state index is 13.0. The van der Waals surface area contributed by atoms with E-state index in [-0.39, 0.29) is 0 Å². The van der Waals surface area contributed by atoms with Crippen molar-refractivity contribution in [1.82, 2.24) is 0 Å². The Kier molecular flexibility index (Phi) is 5.00. The standard InChI is InChI=1S/C21H21N3O4/c1-11-7-5-8-12(2)16(11)22-19(25)15-17(23-28)21(27)24(20(15)26)18-13(3)9-6-10-14(18)4/h5-10,15,28H,1-4H3,(H,22,25)/b23-17-/t15-/m0/s1. The van der Waals surface area contributed by atoms with Crippen LogP contribution in [0.5, 0.6) is 0 Å². The van der Waals surface area contributed by atoms with E-state index in [0.29, 0.717) is 22.5 Å². The van der Waals surface area contributed by atoms with Crippen LogP contribution in [-0.4, -0.2) is 28.6 Å². The SMILES string of the molecule is Cc1cccc(C)c1NC(=O)[C@H]1C(=O)N(c2c(C)cccc2C)C(=O)/C1=N\O. The van der Waals surface area contributed by atoms with Gasteiger partial charge in [-0.25, -0.2) is 4.90 Å². The van der Waals surface area contributed by atoms with E-state index >= 15 is 0 Å². The van der Waals surface area contributed by atoms with E-state index in [1.807, 2.05) is 38.1 Å². The number of anilines is 2. The first-order valence-corrected chi connectivity index (χ1v) is 8.81. The molecular weight excluding hydrogens is 358 g/mol. The highest BCUT2D eigenvalue weighted by Crippen LogP contribution is 2.32. The lowest BCUT2D eigenvalue weighted by Crippen LogP contribution is -2.35. The van der Waals surface area contributed by atoms with Crippen molar-refractivity contribution in [2.45, 2.75) is 27.7 Å². The van der Waals surface area contributed by atoms with Crippen LogP contribution in [0.1, 0.15) is 22.3 Å². The molecule has 1 aliphatic rings. The number of aryl methyl sites for hydroxylation is 4. The summed E-state index contributed by atoms with van der Waals surface area (Å²) in [6.45, 7) is 7.19. The molecule has 2 aromatic carbocycles. The molecule has 1 saturated heterocycles. The van der Waals surface area contributed by atoms with Crippen molar-refractivity contribution in [3.8, 4) is 0 Å². The number of nitrogens with zero attached hydrogens (tertiary/aromatic N) is 2. The summed E-state index contributed by atoms with van der Waals surface area (Å²) >= 11 is 0. The van der Waals surface area contributed by atoms with Crippen LogP contribution >= 0.6 is 0 Å². The van der Waals surface area contributed by atoms with Gasteiger partial charge in [0.1, 0.15) is 0 Å². The minimum atomic E-state index is -1.52. The molecule has 2 aromatic rings. The Morgan fingerprint density at radius 1 is 0.964 bits per heavy atom. The Morgan fingerprint density at radius 3 is 1.96 bits per heavy atom. The van der Waals surface area contributed by atoms with Crippen LogP contribution in [0.2, 0.25) is 0 Å². The second kappa shape index (κ2) is 7.26. The van der Waals surface area contributed by atoms with Gasteiger partial charge >= 0.3 is 0 Å². The third-order valence-electron chi connectivity index (χ3n) is 4.93. The number of hydrogen-bond acceptors (Lipinski definition) is 5. The fraction of sp³-hybridized carbons (Fsp3) is 0.238. The van der Waals surface area contributed by atoms with Crippen molar-refractivity contribution in [2.75, 3.05) is 10.2 Å². The van der Waals surface area contributed by atoms with E-state index in [1.165, 1.54) is 0 Å². The molecule has 0 aliphatic carbocycles. The summed E-state index contributed by atoms with van der Waals surface area (Å²) in [7, 11) is 0. The lowest BCUT2D eigenvalue weighted by molar-refractivity contribution is -0.127. The topological polar surface area (TPSA) is 99.1 Å². The second-order valence-corrected chi connectivity index (χ2v) is 6.89. The summed E-state index contributed by atoms with van der Waals surface area (Å²) in [4.78, 5) is 39.6. The van der Waals surface area contributed by atoms with Crippen LogP contribution in [0.15, 0.2) is 41.6 Å². The molecule has 7 heteroatoms. The Balaban J connectivity index is 2.01. The molecule has 0 unspecified atom stereocenters. The predicted octanol–water partition coefficient (Wildman–Crippen LogP) is 2.88. The zero-order chi connectivity index (χ0) is 20.6. The number of rotatable bonds is 3. The fourth-order valence-electron chi connectivity index (χ4n) is 3.50. The molecule has 0 radical (unpaired) electrons. The smallest absolute Gasteiger partial charge is 0.284 e. The van der Waals surface area contributed by atoms with Crippen molar-refractivity contribution in [2.24, 2.45) is 11.1 Å². The number of nitrogens with one attached hydrogen (secondary N) is 1. The number of carbonyl (C=O) groups excluding carboxylic acids is 3. The van der Waals surface area contributed by atoms with Gasteiger partial charge in [-0.05, 0) is 49.9 Å². The highest BCUT2D eigenvalue weighted by atomic mass is 16.4. The molecule has 3 amide bonds. The van der Waals surface area contributed by atoms with Gasteiger partial charge in [0, 0.05) is 5.69 Å². The van der Waals surface area contributed by atoms with E-state index in [2.05, 4.69) is 10.5 Å². The fourth-order valence-corrected chi connectivity index (χ4v) is 3.50. The molecule has 1 heterocycles. The van der Waals surface area contributed by atoms with E-state index < -0.39 is 29.4 Å². The molecule has 0 spiro atoms. The monoisotopic (exact) mass is 379 g/mol. The molecule has 2 N–H and O–H groups in total. The van der Waals surface area contributed by atoms with Crippen molar-refractivity contribution in [1.29, 1.82) is 0 Å². The summed E-state index contributed by atoms with van der Waals surface area (Å²) in [6, 6.07) is 10.9. The molecule has 0 aromatic heterocycles. The number of imide groups is 1. The number of oxime groups is 1. The van der Waals surface area contributed by atoms with E-state index in [0.717, 1.165) is 16.0 Å². The minimum Gasteiger partial charge on any atom is -0.410 e. The first-order valence-electron chi connectivity index (χ1n) is 8.81. The third kappa shape index (κ3) is 3.05. The summed E-state index contributed by atoms with van der Waals surface area (Å²) in [5, 5.41) is 15.1. The molecule has 0 bridgehead atoms. The van der Waals surface area contributed by atoms with Gasteiger partial charge in [-0.15, -0.1) is 0 Å². The molecule has 144 valence electrons. The predicted molar refractivity (Wildman–Crippen MR) is 106 cm³/mol. The lowest BCUT2D eigenvalue weighted by Gasteiger charge is -2.19. The average molecular weight is 379 g/mol.